The minimum Gasteiger partial charge on any atom is -0.403 e. The SMILES string of the molecule is O=C1Nc2ccccc2C(c2ccccc2)=NC1Nc1nnc(-c2ccc(N3CCCC3)cc2N2CCOCC2)o1. The van der Waals surface area contributed by atoms with Crippen LogP contribution in [0.15, 0.2) is 82.2 Å². The highest BCUT2D eigenvalue weighted by Gasteiger charge is 2.28. The first-order valence-electron chi connectivity index (χ1n) is 14.1. The zero-order valence-corrected chi connectivity index (χ0v) is 22.6. The molecule has 1 amide bonds. The van der Waals surface area contributed by atoms with Crippen molar-refractivity contribution in [3.05, 3.63) is 83.9 Å². The lowest BCUT2D eigenvalue weighted by Crippen LogP contribution is -2.36. The molecule has 208 valence electrons. The first-order chi connectivity index (χ1) is 20.2. The number of fused-ring (bicyclic) bond motifs is 1. The zero-order valence-electron chi connectivity index (χ0n) is 22.6. The second kappa shape index (κ2) is 11.1. The van der Waals surface area contributed by atoms with Gasteiger partial charge in [-0.25, -0.2) is 4.99 Å². The summed E-state index contributed by atoms with van der Waals surface area (Å²) in [6, 6.07) is 24.0. The predicted octanol–water partition coefficient (Wildman–Crippen LogP) is 4.40. The number of aromatic nitrogens is 2. The molecule has 7 rings (SSSR count). The van der Waals surface area contributed by atoms with E-state index in [1.165, 1.54) is 18.5 Å². The third-order valence-corrected chi connectivity index (χ3v) is 7.71. The highest BCUT2D eigenvalue weighted by molar-refractivity contribution is 6.19. The maximum atomic E-state index is 13.3. The molecule has 0 saturated carbocycles. The second-order valence-electron chi connectivity index (χ2n) is 10.3. The Bertz CT molecular complexity index is 1570. The first kappa shape index (κ1) is 25.3. The van der Waals surface area contributed by atoms with Crippen molar-refractivity contribution in [3.63, 3.8) is 0 Å². The van der Waals surface area contributed by atoms with Crippen molar-refractivity contribution in [3.8, 4) is 11.5 Å². The summed E-state index contributed by atoms with van der Waals surface area (Å²) in [5.41, 5.74) is 6.23. The Balaban J connectivity index is 1.21. The Morgan fingerprint density at radius 1 is 0.829 bits per heavy atom. The van der Waals surface area contributed by atoms with Gasteiger partial charge in [0.25, 0.3) is 11.8 Å². The number of hydrogen-bond acceptors (Lipinski definition) is 9. The number of ether oxygens (including phenoxy) is 1. The van der Waals surface area contributed by atoms with Gasteiger partial charge in [-0.2, -0.15) is 0 Å². The van der Waals surface area contributed by atoms with Crippen molar-refractivity contribution in [2.75, 3.05) is 59.8 Å². The summed E-state index contributed by atoms with van der Waals surface area (Å²) in [7, 11) is 0. The van der Waals surface area contributed by atoms with Gasteiger partial charge in [0.2, 0.25) is 6.17 Å². The predicted molar refractivity (Wildman–Crippen MR) is 159 cm³/mol. The Morgan fingerprint density at radius 3 is 2.44 bits per heavy atom. The summed E-state index contributed by atoms with van der Waals surface area (Å²) in [6.07, 6.45) is 1.45. The van der Waals surface area contributed by atoms with E-state index >= 15 is 0 Å². The topological polar surface area (TPSA) is 108 Å². The number of anilines is 4. The van der Waals surface area contributed by atoms with Crippen LogP contribution < -0.4 is 20.4 Å². The summed E-state index contributed by atoms with van der Waals surface area (Å²) in [5.74, 6) is 0.0682. The lowest BCUT2D eigenvalue weighted by molar-refractivity contribution is -0.116. The third kappa shape index (κ3) is 5.14. The molecule has 10 nitrogen and oxygen atoms in total. The van der Waals surface area contributed by atoms with Crippen LogP contribution >= 0.6 is 0 Å². The van der Waals surface area contributed by atoms with Gasteiger partial charge in [0.15, 0.2) is 0 Å². The highest BCUT2D eigenvalue weighted by atomic mass is 16.5. The third-order valence-electron chi connectivity index (χ3n) is 7.71. The van der Waals surface area contributed by atoms with Gasteiger partial charge >= 0.3 is 6.01 Å². The highest BCUT2D eigenvalue weighted by Crippen LogP contribution is 2.36. The summed E-state index contributed by atoms with van der Waals surface area (Å²) in [5, 5.41) is 14.7. The molecule has 2 fully saturated rings. The number of morpholine rings is 1. The van der Waals surface area contributed by atoms with Crippen LogP contribution in [-0.4, -0.2) is 67.4 Å². The monoisotopic (exact) mass is 549 g/mol. The van der Waals surface area contributed by atoms with Crippen molar-refractivity contribution < 1.29 is 13.9 Å². The van der Waals surface area contributed by atoms with Gasteiger partial charge in [0.05, 0.1) is 35.9 Å². The average molecular weight is 550 g/mol. The van der Waals surface area contributed by atoms with Gasteiger partial charge in [-0.15, -0.1) is 5.10 Å². The fourth-order valence-corrected chi connectivity index (χ4v) is 5.63. The van der Waals surface area contributed by atoms with Gasteiger partial charge in [-0.05, 0) is 37.1 Å². The second-order valence-corrected chi connectivity index (χ2v) is 10.3. The van der Waals surface area contributed by atoms with Crippen LogP contribution in [0.1, 0.15) is 24.0 Å². The van der Waals surface area contributed by atoms with Gasteiger partial charge in [0.1, 0.15) is 0 Å². The molecular formula is C31H31N7O3. The first-order valence-corrected chi connectivity index (χ1v) is 14.1. The molecule has 0 radical (unpaired) electrons. The van der Waals surface area contributed by atoms with Crippen LogP contribution in [0.2, 0.25) is 0 Å². The lowest BCUT2D eigenvalue weighted by Gasteiger charge is -2.31. The maximum absolute atomic E-state index is 13.3. The van der Waals surface area contributed by atoms with Gasteiger partial charge in [-0.1, -0.05) is 53.6 Å². The fraction of sp³-hybridized carbons (Fsp3) is 0.290. The normalized spacial score (nSPS) is 18.9. The van der Waals surface area contributed by atoms with Crippen molar-refractivity contribution >= 4 is 34.7 Å². The largest absolute Gasteiger partial charge is 0.403 e. The van der Waals surface area contributed by atoms with Crippen molar-refractivity contribution in [2.45, 2.75) is 19.0 Å². The molecule has 10 heteroatoms. The molecule has 1 atom stereocenters. The average Bonchev–Trinajstić information content (AvgIpc) is 3.71. The Morgan fingerprint density at radius 2 is 1.61 bits per heavy atom. The van der Waals surface area contributed by atoms with Crippen LogP contribution in [-0.2, 0) is 9.53 Å². The standard InChI is InChI=1S/C31H31N7O3/c39-29-28(33-27(21-8-2-1-3-9-21)23-10-4-5-11-25(23)32-29)34-31-36-35-30(41-31)24-13-12-22(37-14-6-7-15-37)20-26(24)38-16-18-40-19-17-38/h1-5,8-13,20,28H,6-7,14-19H2,(H,32,39)(H,34,36). The zero-order chi connectivity index (χ0) is 27.6. The molecule has 0 spiro atoms. The molecule has 4 aromatic rings. The molecule has 1 aromatic heterocycles. The number of hydrogen-bond donors (Lipinski definition) is 2. The van der Waals surface area contributed by atoms with Gasteiger partial charge < -0.3 is 29.6 Å². The number of carbonyl (C=O) groups excluding carboxylic acids is 1. The fourth-order valence-electron chi connectivity index (χ4n) is 5.63. The lowest BCUT2D eigenvalue weighted by atomic mass is 10.0. The number of rotatable bonds is 6. The molecular weight excluding hydrogens is 518 g/mol. The number of amides is 1. The summed E-state index contributed by atoms with van der Waals surface area (Å²) in [4.78, 5) is 22.8. The number of benzodiazepines with no additional fused rings is 1. The van der Waals surface area contributed by atoms with E-state index < -0.39 is 6.17 Å². The smallest absolute Gasteiger partial charge is 0.317 e. The number of nitrogens with one attached hydrogen (secondary N) is 2. The maximum Gasteiger partial charge on any atom is 0.317 e. The minimum absolute atomic E-state index is 0.124. The summed E-state index contributed by atoms with van der Waals surface area (Å²) < 4.78 is 11.7. The Labute approximate surface area is 238 Å². The molecule has 2 saturated heterocycles. The number of nitrogens with zero attached hydrogens (tertiary/aromatic N) is 5. The molecule has 4 heterocycles. The van der Waals surface area contributed by atoms with Crippen molar-refractivity contribution in [1.29, 1.82) is 0 Å². The number of para-hydroxylation sites is 1. The van der Waals surface area contributed by atoms with E-state index in [0.717, 1.165) is 48.6 Å². The van der Waals surface area contributed by atoms with Crippen LogP contribution in [0.4, 0.5) is 23.1 Å². The molecule has 1 unspecified atom stereocenters. The van der Waals surface area contributed by atoms with E-state index in [2.05, 4.69) is 48.8 Å². The molecule has 3 aliphatic rings. The molecule has 3 aromatic carbocycles. The van der Waals surface area contributed by atoms with Crippen molar-refractivity contribution in [1.82, 2.24) is 10.2 Å². The van der Waals surface area contributed by atoms with Crippen LogP contribution in [0.3, 0.4) is 0 Å². The van der Waals surface area contributed by atoms with E-state index in [9.17, 15) is 4.79 Å². The van der Waals surface area contributed by atoms with Crippen LogP contribution in [0, 0.1) is 0 Å². The Hall–Kier alpha value is -4.70. The summed E-state index contributed by atoms with van der Waals surface area (Å²) >= 11 is 0. The van der Waals surface area contributed by atoms with E-state index in [0.29, 0.717) is 30.5 Å². The molecule has 0 aliphatic carbocycles. The number of carbonyl (C=O) groups is 1. The molecule has 2 N–H and O–H groups in total. The quantitative estimate of drug-likeness (QED) is 0.364. The Kier molecular flexibility index (Phi) is 6.81. The number of aliphatic imine (C=N–C) groups is 1. The van der Waals surface area contributed by atoms with E-state index in [1.54, 1.807) is 0 Å². The van der Waals surface area contributed by atoms with Gasteiger partial charge in [0, 0.05) is 43.0 Å². The summed E-state index contributed by atoms with van der Waals surface area (Å²) in [6.45, 7) is 5.05. The molecule has 3 aliphatic heterocycles. The van der Waals surface area contributed by atoms with E-state index in [-0.39, 0.29) is 11.9 Å². The van der Waals surface area contributed by atoms with E-state index in [1.807, 2.05) is 54.6 Å². The van der Waals surface area contributed by atoms with E-state index in [4.69, 9.17) is 14.1 Å². The molecule has 41 heavy (non-hydrogen) atoms. The molecule has 0 bridgehead atoms. The minimum atomic E-state index is -0.970. The van der Waals surface area contributed by atoms with Crippen LogP contribution in [0.5, 0.6) is 0 Å². The number of benzene rings is 3. The van der Waals surface area contributed by atoms with Crippen molar-refractivity contribution in [2.24, 2.45) is 4.99 Å². The van der Waals surface area contributed by atoms with Crippen LogP contribution in [0.25, 0.3) is 11.5 Å². The van der Waals surface area contributed by atoms with Gasteiger partial charge in [-0.3, -0.25) is 4.79 Å².